The van der Waals surface area contributed by atoms with Crippen molar-refractivity contribution in [1.82, 2.24) is 0 Å². The molecule has 6 heteroatoms. The molecular formula is CH8O2Si4. The molecule has 0 spiro atoms. The van der Waals surface area contributed by atoms with E-state index in [4.69, 9.17) is 5.11 Å². The summed E-state index contributed by atoms with van der Waals surface area (Å²) in [6.07, 6.45) is 0. The molecule has 0 aromatic carbocycles. The highest BCUT2D eigenvalue weighted by atomic mass is 30.1. The first-order chi connectivity index (χ1) is 3.30. The van der Waals surface area contributed by atoms with Crippen LogP contribution in [0.3, 0.4) is 0 Å². The molecule has 1 heterocycles. The fourth-order valence-electron chi connectivity index (χ4n) is 0.655. The van der Waals surface area contributed by atoms with Gasteiger partial charge in [-0.15, -0.1) is 0 Å². The van der Waals surface area contributed by atoms with Crippen LogP contribution >= 0.6 is 0 Å². The highest BCUT2D eigenvalue weighted by Crippen LogP contribution is 1.86. The Kier molecular flexibility index (Phi) is 1.62. The second-order valence-corrected chi connectivity index (χ2v) is 37.4. The number of hydrogen-bond donors (Lipinski definition) is 1. The van der Waals surface area contributed by atoms with Gasteiger partial charge in [-0.25, -0.2) is 0 Å². The summed E-state index contributed by atoms with van der Waals surface area (Å²) < 4.78 is 0. The first-order valence-corrected chi connectivity index (χ1v) is 17.6. The van der Waals surface area contributed by atoms with Crippen molar-refractivity contribution in [3.05, 3.63) is 0 Å². The molecule has 0 saturated carbocycles. The molecule has 0 bridgehead atoms. The van der Waals surface area contributed by atoms with Crippen molar-refractivity contribution in [1.29, 1.82) is 0 Å². The Morgan fingerprint density at radius 2 is 2.14 bits per heavy atom. The highest BCUT2D eigenvalue weighted by Gasteiger charge is 2.27. The van der Waals surface area contributed by atoms with E-state index in [1.54, 1.807) is 0 Å². The van der Waals surface area contributed by atoms with E-state index in [0.717, 1.165) is 0 Å². The Morgan fingerprint density at radius 1 is 1.57 bits per heavy atom. The van der Waals surface area contributed by atoms with E-state index >= 15 is 0 Å². The normalized spacial score (nSPS) is 39.1. The van der Waals surface area contributed by atoms with Crippen molar-refractivity contribution in [3.63, 3.8) is 0 Å². The summed E-state index contributed by atoms with van der Waals surface area (Å²) in [6.45, 7) is 0. The van der Waals surface area contributed by atoms with E-state index in [9.17, 15) is 4.79 Å². The van der Waals surface area contributed by atoms with Gasteiger partial charge in [0.25, 0.3) is 5.59 Å². The molecular weight excluding hydrogens is 156 g/mol. The van der Waals surface area contributed by atoms with Crippen LogP contribution in [-0.4, -0.2) is 44.2 Å². The lowest BCUT2D eigenvalue weighted by atomic mass is 11.6. The average molecular weight is 164 g/mol. The predicted molar refractivity (Wildman–Crippen MR) is 40.8 cm³/mol. The van der Waals surface area contributed by atoms with E-state index in [1.165, 1.54) is 0 Å². The minimum atomic E-state index is -0.818. The van der Waals surface area contributed by atoms with Crippen LogP contribution in [0.2, 0.25) is 0 Å². The summed E-state index contributed by atoms with van der Waals surface area (Å²) >= 11 is 0. The van der Waals surface area contributed by atoms with Gasteiger partial charge < -0.3 is 5.11 Å². The Labute approximate surface area is 49.5 Å². The summed E-state index contributed by atoms with van der Waals surface area (Å²) in [4.78, 5) is 10.1. The van der Waals surface area contributed by atoms with Crippen LogP contribution < -0.4 is 0 Å². The molecule has 0 aromatic rings. The van der Waals surface area contributed by atoms with E-state index in [2.05, 4.69) is 0 Å². The van der Waals surface area contributed by atoms with Crippen molar-refractivity contribution >= 4 is 39.1 Å². The maximum absolute atomic E-state index is 10.1. The molecule has 1 aliphatic heterocycles. The summed E-state index contributed by atoms with van der Waals surface area (Å²) in [5.41, 5.74) is -0.322. The molecule has 0 unspecified atom stereocenters. The molecule has 0 atom stereocenters. The van der Waals surface area contributed by atoms with E-state index in [0.29, 0.717) is 8.55 Å². The van der Waals surface area contributed by atoms with E-state index < -0.39 is 7.83 Å². The Morgan fingerprint density at radius 3 is 2.14 bits per heavy atom. The smallest absolute Gasteiger partial charge is 0.258 e. The third kappa shape index (κ3) is 1.12. The van der Waals surface area contributed by atoms with Gasteiger partial charge in [0.05, 0.1) is 0 Å². The summed E-state index contributed by atoms with van der Waals surface area (Å²) in [6, 6.07) is 0. The Balaban J connectivity index is 2.27. The van der Waals surface area contributed by atoms with Crippen LogP contribution in [0.5, 0.6) is 0 Å². The van der Waals surface area contributed by atoms with Gasteiger partial charge >= 0.3 is 0 Å². The third-order valence-corrected chi connectivity index (χ3v) is 77.1. The number of rotatable bonds is 1. The summed E-state index contributed by atoms with van der Waals surface area (Å²) in [5.74, 6) is 0. The molecule has 2 nitrogen and oxygen atoms in total. The van der Waals surface area contributed by atoms with Gasteiger partial charge in [-0.05, 0) is 8.55 Å². The fraction of sp³-hybridized carbons (Fsp3) is 0. The lowest BCUT2D eigenvalue weighted by Crippen LogP contribution is -2.56. The number of hydrogen-bond acceptors (Lipinski definition) is 1. The molecule has 0 radical (unpaired) electrons. The largest absolute Gasteiger partial charge is 0.486 e. The molecule has 0 aliphatic carbocycles. The number of carbonyl (C=O) groups is 1. The zero-order valence-electron chi connectivity index (χ0n) is 4.05. The van der Waals surface area contributed by atoms with Gasteiger partial charge in [0.2, 0.25) is 0 Å². The lowest BCUT2D eigenvalue weighted by Gasteiger charge is -2.15. The van der Waals surface area contributed by atoms with Gasteiger partial charge in [-0.3, -0.25) is 4.79 Å². The van der Waals surface area contributed by atoms with Crippen LogP contribution in [0, 0.1) is 0 Å². The Bertz CT molecular complexity index is 87.7. The maximum atomic E-state index is 10.1. The molecule has 1 N–H and O–H groups in total. The lowest BCUT2D eigenvalue weighted by molar-refractivity contribution is 0.220. The second-order valence-electron chi connectivity index (χ2n) is 1.97. The van der Waals surface area contributed by atoms with Crippen LogP contribution in [0.15, 0.2) is 0 Å². The zero-order valence-corrected chi connectivity index (χ0v) is 9.45. The van der Waals surface area contributed by atoms with Gasteiger partial charge in [0, 0.05) is 17.1 Å². The minimum Gasteiger partial charge on any atom is -0.486 e. The van der Waals surface area contributed by atoms with Gasteiger partial charge in [-0.2, -0.15) is 0 Å². The van der Waals surface area contributed by atoms with Gasteiger partial charge in [-0.1, -0.05) is 0 Å². The number of carboxylic acid groups (broad SMARTS) is 1. The topological polar surface area (TPSA) is 37.3 Å². The first kappa shape index (κ1) is 5.47. The third-order valence-electron chi connectivity index (χ3n) is 1.45. The molecule has 0 amide bonds. The van der Waals surface area contributed by atoms with E-state index in [-0.39, 0.29) is 22.7 Å². The summed E-state index contributed by atoms with van der Waals surface area (Å²) in [7, 11) is 0.0783. The average Bonchev–Trinajstić information content (AvgIpc) is 1.23. The maximum Gasteiger partial charge on any atom is 0.258 e. The molecule has 0 aromatic heterocycles. The standard InChI is InChI=1S/CH8O2Si4/c2-1(3)7-5-4-6-7/h7H,4-6H2,(H,2,3). The molecule has 7 heavy (non-hydrogen) atoms. The van der Waals surface area contributed by atoms with Crippen LogP contribution in [0.1, 0.15) is 0 Å². The van der Waals surface area contributed by atoms with Crippen LogP contribution in [0.25, 0.3) is 0 Å². The molecule has 1 aliphatic rings. The summed E-state index contributed by atoms with van der Waals surface area (Å²) in [5, 5.41) is 8.39. The SMILES string of the molecule is O=C(O)[SiH]1[SiH2][SiH2][SiH2]1. The van der Waals surface area contributed by atoms with Crippen molar-refractivity contribution < 1.29 is 9.90 Å². The molecule has 40 valence electrons. The van der Waals surface area contributed by atoms with Crippen LogP contribution in [-0.2, 0) is 0 Å². The van der Waals surface area contributed by atoms with Crippen molar-refractivity contribution in [3.8, 4) is 0 Å². The fourth-order valence-corrected chi connectivity index (χ4v) is 39.7. The second kappa shape index (κ2) is 2.07. The van der Waals surface area contributed by atoms with E-state index in [1.807, 2.05) is 0 Å². The minimum absolute atomic E-state index is 0.211. The van der Waals surface area contributed by atoms with Crippen LogP contribution in [0.4, 0.5) is 4.79 Å². The monoisotopic (exact) mass is 164 g/mol. The molecule has 1 saturated heterocycles. The van der Waals surface area contributed by atoms with Gasteiger partial charge in [0.1, 0.15) is 7.83 Å². The first-order valence-electron chi connectivity index (χ1n) is 2.53. The molecule has 1 rings (SSSR count). The van der Waals surface area contributed by atoms with Crippen molar-refractivity contribution in [2.45, 2.75) is 0 Å². The predicted octanol–water partition coefficient (Wildman–Crippen LogP) is -3.18. The Hall–Kier alpha value is 0.338. The van der Waals surface area contributed by atoms with Crippen molar-refractivity contribution in [2.75, 3.05) is 0 Å². The quantitative estimate of drug-likeness (QED) is 0.415. The highest BCUT2D eigenvalue weighted by molar-refractivity contribution is 7.86. The zero-order chi connectivity index (χ0) is 5.28. The van der Waals surface area contributed by atoms with Crippen molar-refractivity contribution in [2.24, 2.45) is 0 Å². The van der Waals surface area contributed by atoms with Gasteiger partial charge in [0.15, 0.2) is 0 Å². The molecule has 1 fully saturated rings.